The Morgan fingerprint density at radius 1 is 1.31 bits per heavy atom. The van der Waals surface area contributed by atoms with Gasteiger partial charge < -0.3 is 5.32 Å². The third-order valence-corrected chi connectivity index (χ3v) is 3.13. The molecule has 1 aromatic rings. The predicted molar refractivity (Wildman–Crippen MR) is 64.1 cm³/mol. The Hall–Kier alpha value is -1.38. The van der Waals surface area contributed by atoms with Crippen LogP contribution in [0.1, 0.15) is 38.5 Å². The summed E-state index contributed by atoms with van der Waals surface area (Å²) in [6.07, 6.45) is 8.64. The van der Waals surface area contributed by atoms with Crippen LogP contribution < -0.4 is 5.32 Å². The Balaban J connectivity index is 1.80. The zero-order chi connectivity index (χ0) is 11.2. The third kappa shape index (κ3) is 3.33. The van der Waals surface area contributed by atoms with E-state index in [0.717, 1.165) is 0 Å². The number of nitrogens with one attached hydrogen (secondary N) is 1. The minimum Gasteiger partial charge on any atom is -0.311 e. The van der Waals surface area contributed by atoms with Gasteiger partial charge in [0.1, 0.15) is 5.82 Å². The molecule has 1 aliphatic carbocycles. The number of aromatic nitrogens is 1. The number of carbonyl (C=O) groups excluding carboxylic acids is 1. The highest BCUT2D eigenvalue weighted by Gasteiger charge is 2.16. The summed E-state index contributed by atoms with van der Waals surface area (Å²) in [6, 6.07) is 5.54. The fourth-order valence-electron chi connectivity index (χ4n) is 2.28. The van der Waals surface area contributed by atoms with Crippen LogP contribution in [0.4, 0.5) is 5.82 Å². The van der Waals surface area contributed by atoms with Crippen molar-refractivity contribution in [2.75, 3.05) is 5.32 Å². The quantitative estimate of drug-likeness (QED) is 0.847. The number of amides is 1. The van der Waals surface area contributed by atoms with E-state index in [0.29, 0.717) is 18.2 Å². The number of carbonyl (C=O) groups is 1. The molecule has 0 atom stereocenters. The Morgan fingerprint density at radius 2 is 2.12 bits per heavy atom. The Kier molecular flexibility index (Phi) is 3.91. The molecule has 1 amide bonds. The maximum Gasteiger partial charge on any atom is 0.225 e. The van der Waals surface area contributed by atoms with Crippen molar-refractivity contribution in [1.82, 2.24) is 4.98 Å². The molecular formula is C13H18N2O. The molecule has 0 aliphatic heterocycles. The van der Waals surface area contributed by atoms with Crippen molar-refractivity contribution in [3.8, 4) is 0 Å². The van der Waals surface area contributed by atoms with E-state index in [9.17, 15) is 4.79 Å². The van der Waals surface area contributed by atoms with Crippen LogP contribution in [-0.4, -0.2) is 10.9 Å². The molecule has 1 aromatic heterocycles. The average molecular weight is 218 g/mol. The van der Waals surface area contributed by atoms with E-state index in [1.54, 1.807) is 6.20 Å². The second-order valence-corrected chi connectivity index (χ2v) is 4.47. The zero-order valence-electron chi connectivity index (χ0n) is 9.48. The number of hydrogen-bond acceptors (Lipinski definition) is 2. The van der Waals surface area contributed by atoms with Crippen LogP contribution in [0.3, 0.4) is 0 Å². The molecule has 0 radical (unpaired) electrons. The topological polar surface area (TPSA) is 42.0 Å². The van der Waals surface area contributed by atoms with Gasteiger partial charge in [0.15, 0.2) is 0 Å². The second kappa shape index (κ2) is 5.64. The number of anilines is 1. The molecule has 0 unspecified atom stereocenters. The summed E-state index contributed by atoms with van der Waals surface area (Å²) in [6.45, 7) is 0. The van der Waals surface area contributed by atoms with E-state index < -0.39 is 0 Å². The van der Waals surface area contributed by atoms with Crippen LogP contribution in [0, 0.1) is 5.92 Å². The van der Waals surface area contributed by atoms with Crippen LogP contribution in [-0.2, 0) is 4.79 Å². The maximum atomic E-state index is 11.7. The molecule has 16 heavy (non-hydrogen) atoms. The first-order chi connectivity index (χ1) is 7.84. The van der Waals surface area contributed by atoms with Crippen LogP contribution in [0.25, 0.3) is 0 Å². The molecule has 1 aliphatic rings. The summed E-state index contributed by atoms with van der Waals surface area (Å²) in [5.41, 5.74) is 0. The van der Waals surface area contributed by atoms with Gasteiger partial charge in [-0.3, -0.25) is 4.79 Å². The maximum absolute atomic E-state index is 11.7. The smallest absolute Gasteiger partial charge is 0.225 e. The standard InChI is InChI=1S/C13H18N2O/c16-13(10-11-6-2-1-3-7-11)15-12-8-4-5-9-14-12/h4-5,8-9,11H,1-3,6-7,10H2,(H,14,15,16). The molecule has 2 rings (SSSR count). The fourth-order valence-corrected chi connectivity index (χ4v) is 2.28. The van der Waals surface area contributed by atoms with E-state index in [1.807, 2.05) is 18.2 Å². The molecule has 1 fully saturated rings. The molecule has 0 spiro atoms. The van der Waals surface area contributed by atoms with E-state index in [1.165, 1.54) is 32.1 Å². The van der Waals surface area contributed by atoms with Gasteiger partial charge in [-0.1, -0.05) is 25.3 Å². The van der Waals surface area contributed by atoms with Gasteiger partial charge >= 0.3 is 0 Å². The van der Waals surface area contributed by atoms with Crippen molar-refractivity contribution in [1.29, 1.82) is 0 Å². The molecule has 3 nitrogen and oxygen atoms in total. The molecule has 3 heteroatoms. The van der Waals surface area contributed by atoms with E-state index in [2.05, 4.69) is 10.3 Å². The first-order valence-electron chi connectivity index (χ1n) is 6.05. The summed E-state index contributed by atoms with van der Waals surface area (Å²) in [7, 11) is 0. The lowest BCUT2D eigenvalue weighted by atomic mass is 9.87. The fraction of sp³-hybridized carbons (Fsp3) is 0.538. The van der Waals surface area contributed by atoms with Gasteiger partial charge in [0.2, 0.25) is 5.91 Å². The van der Waals surface area contributed by atoms with Crippen molar-refractivity contribution in [3.05, 3.63) is 24.4 Å². The number of hydrogen-bond donors (Lipinski definition) is 1. The molecule has 1 heterocycles. The monoisotopic (exact) mass is 218 g/mol. The van der Waals surface area contributed by atoms with Crippen molar-refractivity contribution in [2.45, 2.75) is 38.5 Å². The first-order valence-corrected chi connectivity index (χ1v) is 6.05. The van der Waals surface area contributed by atoms with Gasteiger partial charge in [-0.15, -0.1) is 0 Å². The van der Waals surface area contributed by atoms with Crippen LogP contribution in [0.2, 0.25) is 0 Å². The first kappa shape index (κ1) is 11.1. The normalized spacial score (nSPS) is 17.0. The van der Waals surface area contributed by atoms with Crippen molar-refractivity contribution in [3.63, 3.8) is 0 Å². The third-order valence-electron chi connectivity index (χ3n) is 3.13. The SMILES string of the molecule is O=C(CC1CCCCC1)Nc1ccccn1. The van der Waals surface area contributed by atoms with Crippen molar-refractivity contribution < 1.29 is 4.79 Å². The average Bonchev–Trinajstić information content (AvgIpc) is 2.31. The minimum atomic E-state index is 0.102. The van der Waals surface area contributed by atoms with E-state index in [4.69, 9.17) is 0 Å². The zero-order valence-corrected chi connectivity index (χ0v) is 9.48. The van der Waals surface area contributed by atoms with Gasteiger partial charge in [-0.2, -0.15) is 0 Å². The van der Waals surface area contributed by atoms with Crippen LogP contribution in [0.15, 0.2) is 24.4 Å². The summed E-state index contributed by atoms with van der Waals surface area (Å²) >= 11 is 0. The Labute approximate surface area is 96.3 Å². The van der Waals surface area contributed by atoms with Gasteiger partial charge in [0.05, 0.1) is 0 Å². The molecule has 1 N–H and O–H groups in total. The van der Waals surface area contributed by atoms with Gasteiger partial charge in [0.25, 0.3) is 0 Å². The van der Waals surface area contributed by atoms with Gasteiger partial charge in [-0.05, 0) is 30.9 Å². The highest BCUT2D eigenvalue weighted by atomic mass is 16.1. The van der Waals surface area contributed by atoms with Crippen molar-refractivity contribution >= 4 is 11.7 Å². The minimum absolute atomic E-state index is 0.102. The van der Waals surface area contributed by atoms with Gasteiger partial charge in [0, 0.05) is 12.6 Å². The summed E-state index contributed by atoms with van der Waals surface area (Å²) in [4.78, 5) is 15.8. The lowest BCUT2D eigenvalue weighted by molar-refractivity contribution is -0.117. The molecule has 0 saturated heterocycles. The molecule has 0 bridgehead atoms. The molecule has 86 valence electrons. The number of nitrogens with zero attached hydrogens (tertiary/aromatic N) is 1. The molecule has 0 aromatic carbocycles. The second-order valence-electron chi connectivity index (χ2n) is 4.47. The van der Waals surface area contributed by atoms with Crippen molar-refractivity contribution in [2.24, 2.45) is 5.92 Å². The highest BCUT2D eigenvalue weighted by Crippen LogP contribution is 2.26. The highest BCUT2D eigenvalue weighted by molar-refractivity contribution is 5.89. The summed E-state index contributed by atoms with van der Waals surface area (Å²) < 4.78 is 0. The van der Waals surface area contributed by atoms with Crippen LogP contribution >= 0.6 is 0 Å². The van der Waals surface area contributed by atoms with E-state index >= 15 is 0 Å². The predicted octanol–water partition coefficient (Wildman–Crippen LogP) is 2.99. The van der Waals surface area contributed by atoms with E-state index in [-0.39, 0.29) is 5.91 Å². The molecular weight excluding hydrogens is 200 g/mol. The summed E-state index contributed by atoms with van der Waals surface area (Å²) in [5.74, 6) is 1.34. The Bertz CT molecular complexity index is 331. The lowest BCUT2D eigenvalue weighted by Gasteiger charge is -2.20. The van der Waals surface area contributed by atoms with Gasteiger partial charge in [-0.25, -0.2) is 4.98 Å². The molecule has 1 saturated carbocycles. The lowest BCUT2D eigenvalue weighted by Crippen LogP contribution is -2.18. The summed E-state index contributed by atoms with van der Waals surface area (Å²) in [5, 5.41) is 2.84. The number of pyridine rings is 1. The largest absolute Gasteiger partial charge is 0.311 e. The Morgan fingerprint density at radius 3 is 2.81 bits per heavy atom. The van der Waals surface area contributed by atoms with Crippen LogP contribution in [0.5, 0.6) is 0 Å². The number of rotatable bonds is 3.